The number of benzene rings is 10. The number of rotatable bonds is 8. The molecule has 0 radical (unpaired) electrons. The highest BCUT2D eigenvalue weighted by Gasteiger charge is 2.49. The van der Waals surface area contributed by atoms with Crippen molar-refractivity contribution in [3.63, 3.8) is 0 Å². The fourth-order valence-electron chi connectivity index (χ4n) is 13.0. The van der Waals surface area contributed by atoms with Crippen LogP contribution in [0.4, 0.5) is 17.1 Å². The van der Waals surface area contributed by atoms with Gasteiger partial charge >= 0.3 is 0 Å². The summed E-state index contributed by atoms with van der Waals surface area (Å²) in [5.41, 5.74) is 23.7. The molecular formula is C72H59N. The predicted molar refractivity (Wildman–Crippen MR) is 309 cm³/mol. The van der Waals surface area contributed by atoms with Gasteiger partial charge in [0.2, 0.25) is 0 Å². The van der Waals surface area contributed by atoms with Crippen molar-refractivity contribution >= 4 is 27.8 Å². The van der Waals surface area contributed by atoms with Gasteiger partial charge in [0, 0.05) is 22.4 Å². The van der Waals surface area contributed by atoms with Crippen LogP contribution in [-0.4, -0.2) is 0 Å². The van der Waals surface area contributed by atoms with Crippen LogP contribution in [0.5, 0.6) is 0 Å². The summed E-state index contributed by atoms with van der Waals surface area (Å²) in [5.74, 6) is 0.250. The fraction of sp³-hybridized carbons (Fsp3) is 0.139. The van der Waals surface area contributed by atoms with E-state index >= 15 is 0 Å². The van der Waals surface area contributed by atoms with Crippen LogP contribution in [0.1, 0.15) is 74.4 Å². The molecule has 0 aromatic heterocycles. The first-order valence-corrected chi connectivity index (χ1v) is 26.1. The molecule has 0 fully saturated rings. The molecule has 0 N–H and O–H groups in total. The number of allylic oxidation sites excluding steroid dienone is 4. The smallest absolute Gasteiger partial charge is 0.0546 e. The summed E-state index contributed by atoms with van der Waals surface area (Å²) in [5, 5.41) is 2.46. The van der Waals surface area contributed by atoms with E-state index in [0.717, 1.165) is 23.5 Å². The third-order valence-corrected chi connectivity index (χ3v) is 16.5. The lowest BCUT2D eigenvalue weighted by atomic mass is 9.62. The molecule has 73 heavy (non-hydrogen) atoms. The molecule has 0 amide bonds. The third kappa shape index (κ3) is 7.12. The van der Waals surface area contributed by atoms with Gasteiger partial charge in [0.1, 0.15) is 0 Å². The van der Waals surface area contributed by atoms with Crippen LogP contribution in [0.2, 0.25) is 0 Å². The van der Waals surface area contributed by atoms with Crippen molar-refractivity contribution in [1.82, 2.24) is 0 Å². The summed E-state index contributed by atoms with van der Waals surface area (Å²) in [6.07, 6.45) is 10.2. The van der Waals surface area contributed by atoms with Crippen molar-refractivity contribution in [2.45, 2.75) is 57.3 Å². The molecule has 10 aromatic carbocycles. The molecule has 3 aliphatic rings. The van der Waals surface area contributed by atoms with E-state index in [0.29, 0.717) is 0 Å². The van der Waals surface area contributed by atoms with Gasteiger partial charge in [-0.05, 0) is 142 Å². The predicted octanol–water partition coefficient (Wildman–Crippen LogP) is 19.4. The second-order valence-electron chi connectivity index (χ2n) is 22.0. The Morgan fingerprint density at radius 2 is 1.01 bits per heavy atom. The van der Waals surface area contributed by atoms with Crippen molar-refractivity contribution in [3.8, 4) is 55.6 Å². The van der Waals surface area contributed by atoms with Crippen LogP contribution in [0.25, 0.3) is 66.4 Å². The number of hydrogen-bond donors (Lipinski definition) is 0. The standard InChI is InChI=1S/C72H59N/c1-70(2,3)53-40-35-50(36-41-53)48-31-33-49(34-32-48)51-37-42-56(43-38-51)73(57-44-45-66-63(47-57)60-26-15-17-30-65(60)72(66,54-20-8-6-9-21-54)55-22-10-7-11-23-55)67-46-39-52-19-12-13-24-58(52)68(67)62-28-18-27-61-59-25-14-16-29-64(59)71(4,5)69(61)62/h6-22,24-47,55H,23H2,1-5H3. The van der Waals surface area contributed by atoms with E-state index in [9.17, 15) is 0 Å². The second-order valence-corrected chi connectivity index (χ2v) is 22.0. The average molecular weight is 938 g/mol. The molecule has 3 aliphatic carbocycles. The van der Waals surface area contributed by atoms with E-state index < -0.39 is 0 Å². The van der Waals surface area contributed by atoms with Crippen molar-refractivity contribution in [3.05, 3.63) is 282 Å². The van der Waals surface area contributed by atoms with Crippen LogP contribution < -0.4 is 4.90 Å². The normalized spacial score (nSPS) is 17.0. The maximum atomic E-state index is 2.54. The van der Waals surface area contributed by atoms with Gasteiger partial charge in [-0.2, -0.15) is 0 Å². The van der Waals surface area contributed by atoms with E-state index in [1.165, 1.54) is 99.8 Å². The van der Waals surface area contributed by atoms with Crippen molar-refractivity contribution in [2.75, 3.05) is 4.90 Å². The first-order chi connectivity index (χ1) is 35.6. The second kappa shape index (κ2) is 17.2. The van der Waals surface area contributed by atoms with E-state index in [1.807, 2.05) is 0 Å². The Morgan fingerprint density at radius 3 is 1.70 bits per heavy atom. The van der Waals surface area contributed by atoms with Gasteiger partial charge < -0.3 is 4.90 Å². The van der Waals surface area contributed by atoms with E-state index in [-0.39, 0.29) is 22.2 Å². The molecule has 0 bridgehead atoms. The lowest BCUT2D eigenvalue weighted by Crippen LogP contribution is -2.35. The average Bonchev–Trinajstić information content (AvgIpc) is 3.87. The van der Waals surface area contributed by atoms with Gasteiger partial charge in [-0.1, -0.05) is 253 Å². The Hall–Kier alpha value is -8.26. The molecule has 0 aliphatic heterocycles. The number of anilines is 3. The Balaban J connectivity index is 1.01. The molecule has 13 rings (SSSR count). The molecule has 0 spiro atoms. The summed E-state index contributed by atoms with van der Waals surface area (Å²) in [6.45, 7) is 11.6. The zero-order chi connectivity index (χ0) is 49.5. The summed E-state index contributed by atoms with van der Waals surface area (Å²) >= 11 is 0. The summed E-state index contributed by atoms with van der Waals surface area (Å²) < 4.78 is 0. The number of hydrogen-bond acceptors (Lipinski definition) is 1. The maximum Gasteiger partial charge on any atom is 0.0546 e. The molecule has 0 heterocycles. The van der Waals surface area contributed by atoms with Gasteiger partial charge in [0.25, 0.3) is 0 Å². The lowest BCUT2D eigenvalue weighted by Gasteiger charge is -2.40. The largest absolute Gasteiger partial charge is 0.310 e. The summed E-state index contributed by atoms with van der Waals surface area (Å²) in [7, 11) is 0. The zero-order valence-electron chi connectivity index (χ0n) is 42.4. The van der Waals surface area contributed by atoms with Gasteiger partial charge in [0.15, 0.2) is 0 Å². The monoisotopic (exact) mass is 937 g/mol. The third-order valence-electron chi connectivity index (χ3n) is 16.5. The minimum Gasteiger partial charge on any atom is -0.310 e. The van der Waals surface area contributed by atoms with Crippen LogP contribution in [0, 0.1) is 5.92 Å². The minimum absolute atomic E-state index is 0.121. The van der Waals surface area contributed by atoms with Crippen LogP contribution >= 0.6 is 0 Å². The highest BCUT2D eigenvalue weighted by atomic mass is 15.1. The van der Waals surface area contributed by atoms with Gasteiger partial charge in [0.05, 0.1) is 11.1 Å². The molecule has 10 aromatic rings. The maximum absolute atomic E-state index is 2.54. The van der Waals surface area contributed by atoms with Crippen LogP contribution in [0.15, 0.2) is 249 Å². The highest BCUT2D eigenvalue weighted by molar-refractivity contribution is 6.08. The molecule has 1 heteroatoms. The first-order valence-electron chi connectivity index (χ1n) is 26.1. The Labute approximate surface area is 431 Å². The van der Waals surface area contributed by atoms with Crippen molar-refractivity contribution < 1.29 is 0 Å². The number of nitrogens with zero attached hydrogens (tertiary/aromatic N) is 1. The SMILES string of the molecule is CC(C)(C)c1ccc(-c2ccc(-c3ccc(N(c4ccc5c(c4)-c4ccccc4C5(c4ccccc4)C4C=CC=CC4)c4ccc5ccccc5c4-c4cccc5c4C(C)(C)c4ccccc4-5)cc3)cc2)cc1. The molecule has 1 nitrogen and oxygen atoms in total. The quantitative estimate of drug-likeness (QED) is 0.147. The molecule has 0 saturated heterocycles. The Bertz CT molecular complexity index is 3810. The fourth-order valence-corrected chi connectivity index (χ4v) is 13.0. The highest BCUT2D eigenvalue weighted by Crippen LogP contribution is 2.60. The summed E-state index contributed by atoms with van der Waals surface area (Å²) in [6, 6.07) is 84.8. The van der Waals surface area contributed by atoms with E-state index in [2.05, 4.69) is 288 Å². The van der Waals surface area contributed by atoms with E-state index in [4.69, 9.17) is 0 Å². The molecule has 2 atom stereocenters. The van der Waals surface area contributed by atoms with E-state index in [1.54, 1.807) is 0 Å². The number of fused-ring (bicyclic) bond motifs is 7. The van der Waals surface area contributed by atoms with Gasteiger partial charge in [-0.3, -0.25) is 0 Å². The Kier molecular flexibility index (Phi) is 10.5. The lowest BCUT2D eigenvalue weighted by molar-refractivity contribution is 0.457. The van der Waals surface area contributed by atoms with Gasteiger partial charge in [-0.25, -0.2) is 0 Å². The topological polar surface area (TPSA) is 3.24 Å². The minimum atomic E-state index is -0.357. The van der Waals surface area contributed by atoms with Crippen LogP contribution in [0.3, 0.4) is 0 Å². The Morgan fingerprint density at radius 1 is 0.452 bits per heavy atom. The van der Waals surface area contributed by atoms with Crippen molar-refractivity contribution in [2.24, 2.45) is 5.92 Å². The summed E-state index contributed by atoms with van der Waals surface area (Å²) in [4.78, 5) is 2.54. The first kappa shape index (κ1) is 44.7. The molecule has 352 valence electrons. The van der Waals surface area contributed by atoms with Crippen LogP contribution in [-0.2, 0) is 16.2 Å². The molecule has 0 saturated carbocycles. The molecule has 2 unspecified atom stereocenters. The zero-order valence-corrected chi connectivity index (χ0v) is 42.4. The van der Waals surface area contributed by atoms with Gasteiger partial charge in [-0.15, -0.1) is 0 Å². The van der Waals surface area contributed by atoms with Crippen molar-refractivity contribution in [1.29, 1.82) is 0 Å². The molecular weight excluding hydrogens is 879 g/mol.